The van der Waals surface area contributed by atoms with Gasteiger partial charge >= 0.3 is 0 Å². The summed E-state index contributed by atoms with van der Waals surface area (Å²) in [5.41, 5.74) is 2.95. The largest absolute Gasteiger partial charge is 0.494 e. The number of aryl methyl sites for hydroxylation is 1. The van der Waals surface area contributed by atoms with Crippen molar-refractivity contribution < 1.29 is 17.9 Å². The number of ether oxygens (including phenoxy) is 1. The minimum Gasteiger partial charge on any atom is -0.494 e. The summed E-state index contributed by atoms with van der Waals surface area (Å²) in [6, 6.07) is 23.9. The van der Waals surface area contributed by atoms with Crippen molar-refractivity contribution in [2.24, 2.45) is 5.92 Å². The molecular weight excluding hydrogens is 484 g/mol. The molecule has 1 amide bonds. The standard InChI is InChI=1S/C30H36N2O4S/c1-3-36-29-15-14-27(20-23(29)2)37(34,35)31-28(22-25-12-8-5-9-13-25)30(33)32-18-16-26(17-19-32)21-24-10-6-4-7-11-24/h4-15,20,26,28,31H,3,16-19,21-22H2,1-2H3/t28-/m0/s1. The van der Waals surface area contributed by atoms with Crippen molar-refractivity contribution >= 4 is 15.9 Å². The first kappa shape index (κ1) is 26.9. The lowest BCUT2D eigenvalue weighted by atomic mass is 9.90. The van der Waals surface area contributed by atoms with E-state index in [9.17, 15) is 13.2 Å². The van der Waals surface area contributed by atoms with E-state index in [0.29, 0.717) is 37.8 Å². The van der Waals surface area contributed by atoms with Crippen LogP contribution in [0.1, 0.15) is 36.5 Å². The zero-order chi connectivity index (χ0) is 26.3. The van der Waals surface area contributed by atoms with E-state index >= 15 is 0 Å². The molecule has 4 rings (SSSR count). The number of sulfonamides is 1. The van der Waals surface area contributed by atoms with Gasteiger partial charge in [0, 0.05) is 13.1 Å². The van der Waals surface area contributed by atoms with E-state index in [0.717, 1.165) is 30.4 Å². The maximum absolute atomic E-state index is 13.7. The molecule has 3 aromatic carbocycles. The van der Waals surface area contributed by atoms with Crippen LogP contribution in [0.2, 0.25) is 0 Å². The molecular formula is C30H36N2O4S. The molecule has 0 spiro atoms. The summed E-state index contributed by atoms with van der Waals surface area (Å²) in [6.07, 6.45) is 3.10. The number of hydrogen-bond donors (Lipinski definition) is 1. The Morgan fingerprint density at radius 3 is 2.19 bits per heavy atom. The number of carbonyl (C=O) groups is 1. The van der Waals surface area contributed by atoms with Crippen LogP contribution in [0.5, 0.6) is 5.75 Å². The molecule has 1 saturated heterocycles. The molecule has 1 aliphatic heterocycles. The van der Waals surface area contributed by atoms with Gasteiger partial charge < -0.3 is 9.64 Å². The van der Waals surface area contributed by atoms with Crippen LogP contribution in [0.25, 0.3) is 0 Å². The molecule has 1 aliphatic rings. The summed E-state index contributed by atoms with van der Waals surface area (Å²) in [6.45, 7) is 5.46. The van der Waals surface area contributed by atoms with Crippen LogP contribution >= 0.6 is 0 Å². The van der Waals surface area contributed by atoms with Crippen molar-refractivity contribution in [2.45, 2.75) is 50.5 Å². The third-order valence-corrected chi connectivity index (χ3v) is 8.40. The Balaban J connectivity index is 1.48. The lowest BCUT2D eigenvalue weighted by Crippen LogP contribution is -2.51. The van der Waals surface area contributed by atoms with Crippen LogP contribution in [-0.4, -0.2) is 45.0 Å². The molecule has 1 heterocycles. The number of rotatable bonds is 10. The molecule has 3 aromatic rings. The fraction of sp³-hybridized carbons (Fsp3) is 0.367. The second-order valence-electron chi connectivity index (χ2n) is 9.68. The quantitative estimate of drug-likeness (QED) is 0.418. The van der Waals surface area contributed by atoms with Crippen LogP contribution in [0.4, 0.5) is 0 Å². The maximum atomic E-state index is 13.7. The number of amides is 1. The SMILES string of the molecule is CCOc1ccc(S(=O)(=O)N[C@@H](Cc2ccccc2)C(=O)N2CCC(Cc3ccccc3)CC2)cc1C. The Bertz CT molecular complexity index is 1270. The van der Waals surface area contributed by atoms with Gasteiger partial charge in [-0.05, 0) is 80.3 Å². The van der Waals surface area contributed by atoms with Crippen molar-refractivity contribution in [3.05, 3.63) is 95.6 Å². The number of piperidine rings is 1. The molecule has 1 fully saturated rings. The Hall–Kier alpha value is -3.16. The number of benzene rings is 3. The summed E-state index contributed by atoms with van der Waals surface area (Å²) < 4.78 is 35.0. The highest BCUT2D eigenvalue weighted by molar-refractivity contribution is 7.89. The molecule has 1 N–H and O–H groups in total. The van der Waals surface area contributed by atoms with Crippen molar-refractivity contribution in [3.63, 3.8) is 0 Å². The minimum absolute atomic E-state index is 0.126. The zero-order valence-corrected chi connectivity index (χ0v) is 22.4. The van der Waals surface area contributed by atoms with Gasteiger partial charge in [0.05, 0.1) is 11.5 Å². The smallest absolute Gasteiger partial charge is 0.241 e. The van der Waals surface area contributed by atoms with Crippen molar-refractivity contribution in [2.75, 3.05) is 19.7 Å². The summed E-state index contributed by atoms with van der Waals surface area (Å²) in [7, 11) is -3.92. The maximum Gasteiger partial charge on any atom is 0.241 e. The minimum atomic E-state index is -3.92. The first-order chi connectivity index (χ1) is 17.9. The molecule has 0 aromatic heterocycles. The molecule has 6 nitrogen and oxygen atoms in total. The van der Waals surface area contributed by atoms with E-state index in [-0.39, 0.29) is 10.8 Å². The van der Waals surface area contributed by atoms with Crippen LogP contribution in [0.15, 0.2) is 83.8 Å². The molecule has 7 heteroatoms. The van der Waals surface area contributed by atoms with Gasteiger partial charge in [-0.2, -0.15) is 4.72 Å². The second kappa shape index (κ2) is 12.4. The highest BCUT2D eigenvalue weighted by Crippen LogP contribution is 2.24. The first-order valence-electron chi connectivity index (χ1n) is 13.0. The van der Waals surface area contributed by atoms with E-state index in [1.165, 1.54) is 11.6 Å². The molecule has 0 radical (unpaired) electrons. The lowest BCUT2D eigenvalue weighted by Gasteiger charge is -2.34. The van der Waals surface area contributed by atoms with Gasteiger partial charge in [0.1, 0.15) is 11.8 Å². The Kier molecular flexibility index (Phi) is 9.00. The topological polar surface area (TPSA) is 75.7 Å². The Morgan fingerprint density at radius 1 is 0.973 bits per heavy atom. The van der Waals surface area contributed by atoms with Crippen LogP contribution in [-0.2, 0) is 27.7 Å². The van der Waals surface area contributed by atoms with Crippen molar-refractivity contribution in [1.82, 2.24) is 9.62 Å². The zero-order valence-electron chi connectivity index (χ0n) is 21.6. The summed E-state index contributed by atoms with van der Waals surface area (Å²) in [5, 5.41) is 0. The molecule has 0 saturated carbocycles. The van der Waals surface area contributed by atoms with E-state index < -0.39 is 16.1 Å². The fourth-order valence-electron chi connectivity index (χ4n) is 4.92. The lowest BCUT2D eigenvalue weighted by molar-refractivity contribution is -0.134. The van der Waals surface area contributed by atoms with Crippen molar-refractivity contribution in [3.8, 4) is 5.75 Å². The number of likely N-dealkylation sites (tertiary alicyclic amines) is 1. The van der Waals surface area contributed by atoms with Crippen LogP contribution in [0, 0.1) is 12.8 Å². The highest BCUT2D eigenvalue weighted by Gasteiger charge is 2.32. The van der Waals surface area contributed by atoms with E-state index in [1.807, 2.05) is 55.1 Å². The number of carbonyl (C=O) groups excluding carboxylic acids is 1. The molecule has 0 bridgehead atoms. The van der Waals surface area contributed by atoms with Gasteiger partial charge in [0.2, 0.25) is 15.9 Å². The van der Waals surface area contributed by atoms with E-state index in [4.69, 9.17) is 4.74 Å². The normalized spacial score (nSPS) is 15.4. The van der Waals surface area contributed by atoms with Gasteiger partial charge in [-0.1, -0.05) is 60.7 Å². The number of nitrogens with zero attached hydrogens (tertiary/aromatic N) is 1. The molecule has 0 unspecified atom stereocenters. The molecule has 196 valence electrons. The Morgan fingerprint density at radius 2 is 1.59 bits per heavy atom. The van der Waals surface area contributed by atoms with Crippen molar-refractivity contribution in [1.29, 1.82) is 0 Å². The third-order valence-electron chi connectivity index (χ3n) is 6.93. The second-order valence-corrected chi connectivity index (χ2v) is 11.4. The summed E-state index contributed by atoms with van der Waals surface area (Å²) in [5.74, 6) is 0.993. The fourth-order valence-corrected chi connectivity index (χ4v) is 6.19. The summed E-state index contributed by atoms with van der Waals surface area (Å²) >= 11 is 0. The van der Waals surface area contributed by atoms with Gasteiger partial charge in [-0.25, -0.2) is 8.42 Å². The molecule has 0 aliphatic carbocycles. The average molecular weight is 521 g/mol. The predicted molar refractivity (Wildman–Crippen MR) is 146 cm³/mol. The Labute approximate surface area is 220 Å². The van der Waals surface area contributed by atoms with E-state index in [1.54, 1.807) is 12.1 Å². The average Bonchev–Trinajstić information content (AvgIpc) is 2.90. The number of nitrogens with one attached hydrogen (secondary N) is 1. The van der Waals surface area contributed by atoms with E-state index in [2.05, 4.69) is 29.0 Å². The monoisotopic (exact) mass is 520 g/mol. The van der Waals surface area contributed by atoms with Crippen LogP contribution < -0.4 is 9.46 Å². The third kappa shape index (κ3) is 7.21. The van der Waals surface area contributed by atoms with Gasteiger partial charge in [-0.15, -0.1) is 0 Å². The first-order valence-corrected chi connectivity index (χ1v) is 14.5. The van der Waals surface area contributed by atoms with Gasteiger partial charge in [-0.3, -0.25) is 4.79 Å². The summed E-state index contributed by atoms with van der Waals surface area (Å²) in [4.78, 5) is 15.6. The molecule has 1 atom stereocenters. The highest BCUT2D eigenvalue weighted by atomic mass is 32.2. The van der Waals surface area contributed by atoms with Gasteiger partial charge in [0.25, 0.3) is 0 Å². The predicted octanol–water partition coefficient (Wildman–Crippen LogP) is 4.76. The molecule has 37 heavy (non-hydrogen) atoms. The van der Waals surface area contributed by atoms with Gasteiger partial charge in [0.15, 0.2) is 0 Å². The van der Waals surface area contributed by atoms with Crippen LogP contribution in [0.3, 0.4) is 0 Å². The number of hydrogen-bond acceptors (Lipinski definition) is 4.